The van der Waals surface area contributed by atoms with E-state index in [1.807, 2.05) is 36.4 Å². The van der Waals surface area contributed by atoms with E-state index in [9.17, 15) is 0 Å². The normalized spacial score (nSPS) is 11.5. The van der Waals surface area contributed by atoms with Crippen molar-refractivity contribution >= 4 is 43.5 Å². The lowest BCUT2D eigenvalue weighted by Gasteiger charge is -2.11. The Bertz CT molecular complexity index is 2910. The zero-order chi connectivity index (χ0) is 33.7. The van der Waals surface area contributed by atoms with Gasteiger partial charge in [-0.05, 0) is 56.4 Å². The number of nitrogens with zero attached hydrogens (tertiary/aromatic N) is 3. The maximum Gasteiger partial charge on any atom is 0.164 e. The van der Waals surface area contributed by atoms with Crippen LogP contribution in [0.15, 0.2) is 180 Å². The molecule has 0 N–H and O–H groups in total. The van der Waals surface area contributed by atoms with E-state index in [1.54, 1.807) is 0 Å². The van der Waals surface area contributed by atoms with Crippen molar-refractivity contribution in [2.75, 3.05) is 0 Å². The Hall–Kier alpha value is -6.91. The van der Waals surface area contributed by atoms with Gasteiger partial charge in [-0.2, -0.15) is 0 Å². The first kappa shape index (κ1) is 29.0. The summed E-state index contributed by atoms with van der Waals surface area (Å²) in [6.45, 7) is 0. The molecule has 0 spiro atoms. The van der Waals surface area contributed by atoms with Crippen molar-refractivity contribution in [3.8, 4) is 56.4 Å². The second kappa shape index (κ2) is 11.9. The van der Waals surface area contributed by atoms with Crippen LogP contribution in [0.1, 0.15) is 0 Å². The molecule has 0 unspecified atom stereocenters. The fourth-order valence-electron chi connectivity index (χ4n) is 7.24. The molecule has 0 saturated heterocycles. The molecule has 51 heavy (non-hydrogen) atoms. The smallest absolute Gasteiger partial charge is 0.164 e. The highest BCUT2D eigenvalue weighted by molar-refractivity contribution is 6.23. The summed E-state index contributed by atoms with van der Waals surface area (Å²) in [7, 11) is 0. The Labute approximate surface area is 294 Å². The highest BCUT2D eigenvalue weighted by atomic mass is 16.3. The van der Waals surface area contributed by atoms with E-state index >= 15 is 0 Å². The van der Waals surface area contributed by atoms with E-state index in [1.165, 1.54) is 16.5 Å². The molecule has 2 heterocycles. The summed E-state index contributed by atoms with van der Waals surface area (Å²) in [6, 6.07) is 61.0. The van der Waals surface area contributed by atoms with Gasteiger partial charge in [0.1, 0.15) is 11.2 Å². The number of rotatable bonds is 5. The molecule has 0 amide bonds. The predicted molar refractivity (Wildman–Crippen MR) is 209 cm³/mol. The van der Waals surface area contributed by atoms with E-state index in [-0.39, 0.29) is 0 Å². The minimum absolute atomic E-state index is 0.598. The topological polar surface area (TPSA) is 51.8 Å². The summed E-state index contributed by atoms with van der Waals surface area (Å²) in [5, 5.41) is 6.61. The molecule has 2 aromatic heterocycles. The molecule has 0 aliphatic heterocycles. The third kappa shape index (κ3) is 5.04. The van der Waals surface area contributed by atoms with Gasteiger partial charge in [-0.15, -0.1) is 0 Å². The molecule has 10 aromatic rings. The number of para-hydroxylation sites is 1. The molecular weight excluding hydrogens is 623 g/mol. The number of fused-ring (bicyclic) bond motifs is 6. The number of benzene rings is 8. The summed E-state index contributed by atoms with van der Waals surface area (Å²) in [4.78, 5) is 15.3. The fourth-order valence-corrected chi connectivity index (χ4v) is 7.24. The summed E-state index contributed by atoms with van der Waals surface area (Å²) in [5.74, 6) is 1.85. The summed E-state index contributed by atoms with van der Waals surface area (Å²) < 4.78 is 6.86. The van der Waals surface area contributed by atoms with Crippen molar-refractivity contribution in [3.63, 3.8) is 0 Å². The monoisotopic (exact) mass is 651 g/mol. The van der Waals surface area contributed by atoms with Gasteiger partial charge >= 0.3 is 0 Å². The van der Waals surface area contributed by atoms with Gasteiger partial charge in [0.15, 0.2) is 17.5 Å². The standard InChI is InChI=1S/C47H29N3O/c1-3-13-30(14-4-1)34-19-11-20-35(27-34)37-23-12-24-40-43-39-22-10-9-21-38(39)41(29-42(43)51-44(37)40)47-49-45(32-16-5-2-6-17-32)48-46(50-47)36-26-25-31-15-7-8-18-33(31)28-36/h1-29H. The Morgan fingerprint density at radius 1 is 0.333 bits per heavy atom. The van der Waals surface area contributed by atoms with Gasteiger partial charge < -0.3 is 4.42 Å². The molecule has 0 saturated carbocycles. The summed E-state index contributed by atoms with van der Waals surface area (Å²) >= 11 is 0. The molecule has 8 aromatic carbocycles. The highest BCUT2D eigenvalue weighted by Gasteiger charge is 2.20. The Morgan fingerprint density at radius 3 is 1.76 bits per heavy atom. The van der Waals surface area contributed by atoms with Crippen molar-refractivity contribution in [2.24, 2.45) is 0 Å². The van der Waals surface area contributed by atoms with E-state index in [0.717, 1.165) is 65.9 Å². The van der Waals surface area contributed by atoms with Crippen LogP contribution in [-0.4, -0.2) is 15.0 Å². The van der Waals surface area contributed by atoms with Gasteiger partial charge in [0, 0.05) is 33.0 Å². The molecule has 0 aliphatic rings. The molecule has 238 valence electrons. The minimum Gasteiger partial charge on any atom is -0.455 e. The van der Waals surface area contributed by atoms with E-state index in [2.05, 4.69) is 140 Å². The first-order chi connectivity index (χ1) is 25.3. The summed E-state index contributed by atoms with van der Waals surface area (Å²) in [5.41, 5.74) is 8.92. The van der Waals surface area contributed by atoms with Gasteiger partial charge in [0.05, 0.1) is 0 Å². The molecule has 0 atom stereocenters. The van der Waals surface area contributed by atoms with Crippen molar-refractivity contribution in [3.05, 3.63) is 176 Å². The average molecular weight is 652 g/mol. The molecular formula is C47H29N3O. The first-order valence-electron chi connectivity index (χ1n) is 17.1. The SMILES string of the molecule is c1ccc(-c2cccc(-c3cccc4c3oc3cc(-c5nc(-c6ccccc6)nc(-c6ccc7ccccc7c6)n5)c5ccccc5c34)c2)cc1. The molecule has 0 fully saturated rings. The zero-order valence-corrected chi connectivity index (χ0v) is 27.5. The Morgan fingerprint density at radius 2 is 0.941 bits per heavy atom. The van der Waals surface area contributed by atoms with E-state index in [0.29, 0.717) is 17.5 Å². The maximum atomic E-state index is 6.86. The van der Waals surface area contributed by atoms with Crippen LogP contribution < -0.4 is 0 Å². The minimum atomic E-state index is 0.598. The van der Waals surface area contributed by atoms with Crippen molar-refractivity contribution in [2.45, 2.75) is 0 Å². The maximum absolute atomic E-state index is 6.86. The first-order valence-corrected chi connectivity index (χ1v) is 17.1. The van der Waals surface area contributed by atoms with Gasteiger partial charge in [0.2, 0.25) is 0 Å². The fraction of sp³-hybridized carbons (Fsp3) is 0. The highest BCUT2D eigenvalue weighted by Crippen LogP contribution is 2.43. The third-order valence-corrected chi connectivity index (χ3v) is 9.70. The van der Waals surface area contributed by atoms with Crippen molar-refractivity contribution < 1.29 is 4.42 Å². The van der Waals surface area contributed by atoms with E-state index < -0.39 is 0 Å². The lowest BCUT2D eigenvalue weighted by molar-refractivity contribution is 0.670. The Balaban J connectivity index is 1.20. The number of aromatic nitrogens is 3. The summed E-state index contributed by atoms with van der Waals surface area (Å²) in [6.07, 6.45) is 0. The van der Waals surface area contributed by atoms with Crippen LogP contribution in [0.25, 0.3) is 99.9 Å². The van der Waals surface area contributed by atoms with Crippen LogP contribution in [0, 0.1) is 0 Å². The van der Waals surface area contributed by atoms with E-state index in [4.69, 9.17) is 19.4 Å². The molecule has 10 rings (SSSR count). The van der Waals surface area contributed by atoms with Crippen molar-refractivity contribution in [1.29, 1.82) is 0 Å². The molecule has 4 heteroatoms. The van der Waals surface area contributed by atoms with Crippen LogP contribution in [0.5, 0.6) is 0 Å². The van der Waals surface area contributed by atoms with Crippen LogP contribution >= 0.6 is 0 Å². The predicted octanol–water partition coefficient (Wildman–Crippen LogP) is 12.4. The van der Waals surface area contributed by atoms with Gasteiger partial charge in [-0.1, -0.05) is 158 Å². The molecule has 0 aliphatic carbocycles. The second-order valence-corrected chi connectivity index (χ2v) is 12.8. The van der Waals surface area contributed by atoms with Crippen LogP contribution in [0.4, 0.5) is 0 Å². The lowest BCUT2D eigenvalue weighted by Crippen LogP contribution is -2.00. The van der Waals surface area contributed by atoms with Gasteiger partial charge in [0.25, 0.3) is 0 Å². The van der Waals surface area contributed by atoms with Crippen LogP contribution in [-0.2, 0) is 0 Å². The quantitative estimate of drug-likeness (QED) is 0.186. The molecule has 0 radical (unpaired) electrons. The second-order valence-electron chi connectivity index (χ2n) is 12.8. The molecule has 4 nitrogen and oxygen atoms in total. The van der Waals surface area contributed by atoms with Crippen LogP contribution in [0.2, 0.25) is 0 Å². The van der Waals surface area contributed by atoms with Crippen molar-refractivity contribution in [1.82, 2.24) is 15.0 Å². The van der Waals surface area contributed by atoms with Gasteiger partial charge in [-0.25, -0.2) is 15.0 Å². The Kier molecular flexibility index (Phi) is 6.78. The lowest BCUT2D eigenvalue weighted by atomic mass is 9.96. The zero-order valence-electron chi connectivity index (χ0n) is 27.5. The largest absolute Gasteiger partial charge is 0.455 e. The third-order valence-electron chi connectivity index (χ3n) is 9.70. The van der Waals surface area contributed by atoms with Crippen LogP contribution in [0.3, 0.4) is 0 Å². The number of hydrogen-bond donors (Lipinski definition) is 0. The van der Waals surface area contributed by atoms with Gasteiger partial charge in [-0.3, -0.25) is 0 Å². The average Bonchev–Trinajstić information content (AvgIpc) is 3.60. The number of hydrogen-bond acceptors (Lipinski definition) is 4. The number of furan rings is 1. The molecule has 0 bridgehead atoms.